The van der Waals surface area contributed by atoms with Crippen LogP contribution in [0.5, 0.6) is 0 Å². The van der Waals surface area contributed by atoms with E-state index < -0.39 is 0 Å². The average Bonchev–Trinajstić information content (AvgIpc) is 2.22. The van der Waals surface area contributed by atoms with Crippen molar-refractivity contribution in [3.8, 4) is 0 Å². The van der Waals surface area contributed by atoms with E-state index >= 15 is 0 Å². The molecule has 0 aliphatic heterocycles. The molecule has 15 heavy (non-hydrogen) atoms. The largest absolute Gasteiger partial charge is 0.346 e. The van der Waals surface area contributed by atoms with Gasteiger partial charge in [0.2, 0.25) is 5.91 Å². The molecule has 0 bridgehead atoms. The molecule has 1 saturated carbocycles. The molecular weight excluding hydrogens is 190 g/mol. The van der Waals surface area contributed by atoms with Crippen LogP contribution in [0.25, 0.3) is 0 Å². The zero-order valence-corrected chi connectivity index (χ0v) is 8.82. The lowest BCUT2D eigenvalue weighted by Gasteiger charge is -2.30. The minimum Gasteiger partial charge on any atom is -0.346 e. The number of rotatable bonds is 1. The first-order chi connectivity index (χ1) is 7.18. The summed E-state index contributed by atoms with van der Waals surface area (Å²) in [5.74, 6) is 0.358. The van der Waals surface area contributed by atoms with Gasteiger partial charge in [-0.05, 0) is 25.2 Å². The van der Waals surface area contributed by atoms with E-state index in [1.807, 2.05) is 12.2 Å². The van der Waals surface area contributed by atoms with E-state index in [9.17, 15) is 9.59 Å². The zero-order chi connectivity index (χ0) is 10.8. The fourth-order valence-corrected chi connectivity index (χ4v) is 2.32. The lowest BCUT2D eigenvalue weighted by atomic mass is 9.77. The normalized spacial score (nSPS) is 29.4. The van der Waals surface area contributed by atoms with Crippen molar-refractivity contribution < 1.29 is 9.59 Å². The van der Waals surface area contributed by atoms with Crippen LogP contribution in [0.4, 0.5) is 0 Å². The third kappa shape index (κ3) is 2.01. The van der Waals surface area contributed by atoms with E-state index in [2.05, 4.69) is 11.4 Å². The molecule has 0 aromatic rings. The smallest absolute Gasteiger partial charge is 0.217 e. The van der Waals surface area contributed by atoms with Gasteiger partial charge in [0, 0.05) is 12.5 Å². The van der Waals surface area contributed by atoms with Crippen molar-refractivity contribution in [1.29, 1.82) is 0 Å². The van der Waals surface area contributed by atoms with E-state index in [0.717, 1.165) is 24.8 Å². The Kier molecular flexibility index (Phi) is 2.71. The number of nitrogens with one attached hydrogen (secondary N) is 1. The van der Waals surface area contributed by atoms with E-state index in [-0.39, 0.29) is 17.7 Å². The Balaban J connectivity index is 2.14. The molecular formula is C12H15NO2. The van der Waals surface area contributed by atoms with Crippen molar-refractivity contribution in [2.24, 2.45) is 5.92 Å². The molecule has 3 heteroatoms. The number of hydrogen-bond donors (Lipinski definition) is 1. The van der Waals surface area contributed by atoms with Crippen LogP contribution in [0.15, 0.2) is 23.8 Å². The Morgan fingerprint density at radius 2 is 2.27 bits per heavy atom. The van der Waals surface area contributed by atoms with Gasteiger partial charge >= 0.3 is 0 Å². The standard InChI is InChI=1S/C12H15NO2/c1-8(14)13-11-7-6-9-4-2-3-5-10(9)12(11)15/h2-3,5,9,11H,4,6-7H2,1H3,(H,13,14). The SMILES string of the molecule is CC(=O)NC1CCC2CC=CC=C2C1=O. The topological polar surface area (TPSA) is 46.2 Å². The summed E-state index contributed by atoms with van der Waals surface area (Å²) in [4.78, 5) is 22.9. The van der Waals surface area contributed by atoms with Crippen LogP contribution >= 0.6 is 0 Å². The van der Waals surface area contributed by atoms with Crippen LogP contribution in [0.1, 0.15) is 26.2 Å². The summed E-state index contributed by atoms with van der Waals surface area (Å²) < 4.78 is 0. The summed E-state index contributed by atoms with van der Waals surface area (Å²) >= 11 is 0. The molecule has 2 atom stereocenters. The van der Waals surface area contributed by atoms with Crippen LogP contribution in [-0.2, 0) is 9.59 Å². The first-order valence-electron chi connectivity index (χ1n) is 5.36. The average molecular weight is 205 g/mol. The van der Waals surface area contributed by atoms with Crippen LogP contribution in [0, 0.1) is 5.92 Å². The highest BCUT2D eigenvalue weighted by Crippen LogP contribution is 2.32. The Hall–Kier alpha value is -1.38. The van der Waals surface area contributed by atoms with Gasteiger partial charge in [-0.25, -0.2) is 0 Å². The van der Waals surface area contributed by atoms with Gasteiger partial charge < -0.3 is 5.32 Å². The monoisotopic (exact) mass is 205 g/mol. The number of ketones is 1. The lowest BCUT2D eigenvalue weighted by molar-refractivity contribution is -0.126. The fourth-order valence-electron chi connectivity index (χ4n) is 2.32. The van der Waals surface area contributed by atoms with Gasteiger partial charge in [0.05, 0.1) is 6.04 Å². The quantitative estimate of drug-likeness (QED) is 0.702. The molecule has 0 aromatic heterocycles. The first kappa shape index (κ1) is 10.1. The molecule has 1 fully saturated rings. The number of fused-ring (bicyclic) bond motifs is 1. The summed E-state index contributed by atoms with van der Waals surface area (Å²) in [6, 6.07) is -0.295. The van der Waals surface area contributed by atoms with Crippen LogP contribution in [0.2, 0.25) is 0 Å². The Bertz CT molecular complexity index is 355. The highest BCUT2D eigenvalue weighted by Gasteiger charge is 2.33. The summed E-state index contributed by atoms with van der Waals surface area (Å²) in [5, 5.41) is 2.71. The maximum Gasteiger partial charge on any atom is 0.217 e. The molecule has 3 nitrogen and oxygen atoms in total. The van der Waals surface area contributed by atoms with E-state index in [4.69, 9.17) is 0 Å². The highest BCUT2D eigenvalue weighted by molar-refractivity contribution is 6.02. The van der Waals surface area contributed by atoms with Crippen molar-refractivity contribution in [2.45, 2.75) is 32.2 Å². The van der Waals surface area contributed by atoms with Crippen LogP contribution < -0.4 is 5.32 Å². The minimum atomic E-state index is -0.295. The Labute approximate surface area is 89.2 Å². The van der Waals surface area contributed by atoms with Gasteiger partial charge in [-0.1, -0.05) is 18.2 Å². The van der Waals surface area contributed by atoms with E-state index in [1.54, 1.807) is 0 Å². The van der Waals surface area contributed by atoms with Crippen LogP contribution in [-0.4, -0.2) is 17.7 Å². The number of hydrogen-bond acceptors (Lipinski definition) is 2. The van der Waals surface area contributed by atoms with Crippen molar-refractivity contribution >= 4 is 11.7 Å². The number of carbonyl (C=O) groups excluding carboxylic acids is 2. The van der Waals surface area contributed by atoms with Crippen LogP contribution in [0.3, 0.4) is 0 Å². The van der Waals surface area contributed by atoms with E-state index in [0.29, 0.717) is 5.92 Å². The summed E-state index contributed by atoms with van der Waals surface area (Å²) in [7, 11) is 0. The minimum absolute atomic E-state index is 0.103. The first-order valence-corrected chi connectivity index (χ1v) is 5.36. The Morgan fingerprint density at radius 1 is 1.47 bits per heavy atom. The fraction of sp³-hybridized carbons (Fsp3) is 0.500. The molecule has 2 rings (SSSR count). The van der Waals surface area contributed by atoms with Crippen molar-refractivity contribution in [3.05, 3.63) is 23.8 Å². The zero-order valence-electron chi connectivity index (χ0n) is 8.82. The molecule has 80 valence electrons. The summed E-state index contributed by atoms with van der Waals surface area (Å²) in [6.07, 6.45) is 8.65. The molecule has 0 heterocycles. The molecule has 0 spiro atoms. The predicted molar refractivity (Wildman–Crippen MR) is 57.2 cm³/mol. The molecule has 2 unspecified atom stereocenters. The molecule has 2 aliphatic rings. The molecule has 1 N–H and O–H groups in total. The number of carbonyl (C=O) groups is 2. The van der Waals surface area contributed by atoms with Gasteiger partial charge in [-0.15, -0.1) is 0 Å². The maximum absolute atomic E-state index is 12.0. The highest BCUT2D eigenvalue weighted by atomic mass is 16.2. The molecule has 1 amide bonds. The molecule has 0 aromatic carbocycles. The van der Waals surface area contributed by atoms with Gasteiger partial charge in [0.15, 0.2) is 5.78 Å². The third-order valence-electron chi connectivity index (χ3n) is 3.05. The lowest BCUT2D eigenvalue weighted by Crippen LogP contribution is -2.44. The number of amides is 1. The third-order valence-corrected chi connectivity index (χ3v) is 3.05. The van der Waals surface area contributed by atoms with E-state index in [1.165, 1.54) is 6.92 Å². The number of Topliss-reactive ketones (excluding diaryl/α,β-unsaturated/α-hetero) is 1. The van der Waals surface area contributed by atoms with Gasteiger partial charge in [0.1, 0.15) is 0 Å². The summed E-state index contributed by atoms with van der Waals surface area (Å²) in [6.45, 7) is 1.45. The maximum atomic E-state index is 12.0. The van der Waals surface area contributed by atoms with Crippen molar-refractivity contribution in [2.75, 3.05) is 0 Å². The summed E-state index contributed by atoms with van der Waals surface area (Å²) in [5.41, 5.74) is 0.891. The second-order valence-electron chi connectivity index (χ2n) is 4.18. The van der Waals surface area contributed by atoms with Crippen molar-refractivity contribution in [1.82, 2.24) is 5.32 Å². The van der Waals surface area contributed by atoms with Gasteiger partial charge in [-0.3, -0.25) is 9.59 Å². The van der Waals surface area contributed by atoms with Crippen molar-refractivity contribution in [3.63, 3.8) is 0 Å². The second kappa shape index (κ2) is 4.01. The van der Waals surface area contributed by atoms with Gasteiger partial charge in [-0.2, -0.15) is 0 Å². The molecule has 0 saturated heterocycles. The number of allylic oxidation sites excluding steroid dienone is 3. The van der Waals surface area contributed by atoms with Gasteiger partial charge in [0.25, 0.3) is 0 Å². The molecule has 0 radical (unpaired) electrons. The predicted octanol–water partition coefficient (Wildman–Crippen LogP) is 1.36. The second-order valence-corrected chi connectivity index (χ2v) is 4.18. The molecule has 2 aliphatic carbocycles. The Morgan fingerprint density at radius 3 is 3.00 bits per heavy atom.